The second-order valence-corrected chi connectivity index (χ2v) is 4.10. The van der Waals surface area contributed by atoms with Crippen molar-refractivity contribution in [1.29, 1.82) is 0 Å². The third kappa shape index (κ3) is 2.00. The van der Waals surface area contributed by atoms with E-state index < -0.39 is 0 Å². The first-order chi connectivity index (χ1) is 6.21. The minimum atomic E-state index is -0.0711. The SMILES string of the molecule is CC1(C(=O)NN2CCOCC2)CC1. The topological polar surface area (TPSA) is 41.6 Å². The van der Waals surface area contributed by atoms with Gasteiger partial charge in [0.1, 0.15) is 0 Å². The Morgan fingerprint density at radius 3 is 2.54 bits per heavy atom. The first-order valence-corrected chi connectivity index (χ1v) is 4.84. The van der Waals surface area contributed by atoms with E-state index in [4.69, 9.17) is 4.74 Å². The number of hydrogen-bond acceptors (Lipinski definition) is 3. The predicted molar refractivity (Wildman–Crippen MR) is 47.9 cm³/mol. The standard InChI is InChI=1S/C9H16N2O2/c1-9(2-3-9)8(12)10-11-4-6-13-7-5-11/h2-7H2,1H3,(H,10,12). The van der Waals surface area contributed by atoms with Gasteiger partial charge in [-0.15, -0.1) is 0 Å². The smallest absolute Gasteiger partial charge is 0.240 e. The summed E-state index contributed by atoms with van der Waals surface area (Å²) in [6, 6.07) is 0. The number of nitrogens with zero attached hydrogens (tertiary/aromatic N) is 1. The van der Waals surface area contributed by atoms with Gasteiger partial charge in [-0.1, -0.05) is 6.92 Å². The summed E-state index contributed by atoms with van der Waals surface area (Å²) < 4.78 is 5.19. The van der Waals surface area contributed by atoms with Crippen molar-refractivity contribution in [2.75, 3.05) is 26.3 Å². The van der Waals surface area contributed by atoms with Crippen molar-refractivity contribution in [3.63, 3.8) is 0 Å². The summed E-state index contributed by atoms with van der Waals surface area (Å²) in [5.41, 5.74) is 2.86. The lowest BCUT2D eigenvalue weighted by Gasteiger charge is -2.28. The Morgan fingerprint density at radius 2 is 2.00 bits per heavy atom. The summed E-state index contributed by atoms with van der Waals surface area (Å²) in [5.74, 6) is 0.175. The van der Waals surface area contributed by atoms with Gasteiger partial charge in [-0.05, 0) is 12.8 Å². The number of rotatable bonds is 2. The highest BCUT2D eigenvalue weighted by molar-refractivity contribution is 5.84. The largest absolute Gasteiger partial charge is 0.379 e. The molecule has 1 aliphatic heterocycles. The molecule has 1 aliphatic carbocycles. The summed E-state index contributed by atoms with van der Waals surface area (Å²) in [5, 5.41) is 1.95. The second-order valence-electron chi connectivity index (χ2n) is 4.10. The summed E-state index contributed by atoms with van der Waals surface area (Å²) in [6.07, 6.45) is 2.06. The van der Waals surface area contributed by atoms with Crippen LogP contribution < -0.4 is 5.43 Å². The number of morpholine rings is 1. The van der Waals surface area contributed by atoms with E-state index in [0.717, 1.165) is 39.1 Å². The number of hydrogen-bond donors (Lipinski definition) is 1. The Hall–Kier alpha value is -0.610. The minimum Gasteiger partial charge on any atom is -0.379 e. The monoisotopic (exact) mass is 184 g/mol. The quantitative estimate of drug-likeness (QED) is 0.664. The van der Waals surface area contributed by atoms with Gasteiger partial charge in [0.05, 0.1) is 13.2 Å². The molecule has 0 spiro atoms. The zero-order chi connectivity index (χ0) is 9.31. The van der Waals surface area contributed by atoms with Crippen molar-refractivity contribution in [3.8, 4) is 0 Å². The van der Waals surface area contributed by atoms with E-state index >= 15 is 0 Å². The molecule has 4 heteroatoms. The van der Waals surface area contributed by atoms with Gasteiger partial charge in [-0.2, -0.15) is 0 Å². The van der Waals surface area contributed by atoms with Crippen molar-refractivity contribution in [2.45, 2.75) is 19.8 Å². The number of ether oxygens (including phenoxy) is 1. The third-order valence-electron chi connectivity index (χ3n) is 2.82. The molecule has 0 aromatic carbocycles. The molecule has 0 bridgehead atoms. The Bertz CT molecular complexity index is 208. The molecule has 74 valence electrons. The van der Waals surface area contributed by atoms with Gasteiger partial charge in [0.2, 0.25) is 5.91 Å². The van der Waals surface area contributed by atoms with E-state index in [0.29, 0.717) is 0 Å². The van der Waals surface area contributed by atoms with Crippen LogP contribution in [0.25, 0.3) is 0 Å². The second kappa shape index (κ2) is 3.27. The first-order valence-electron chi connectivity index (χ1n) is 4.84. The zero-order valence-corrected chi connectivity index (χ0v) is 8.01. The lowest BCUT2D eigenvalue weighted by Crippen LogP contribution is -2.50. The molecule has 0 unspecified atom stereocenters. The maximum absolute atomic E-state index is 11.6. The van der Waals surface area contributed by atoms with Crippen LogP contribution in [0, 0.1) is 5.41 Å². The van der Waals surface area contributed by atoms with Crippen LogP contribution in [0.2, 0.25) is 0 Å². The summed E-state index contributed by atoms with van der Waals surface area (Å²) >= 11 is 0. The lowest BCUT2D eigenvalue weighted by molar-refractivity contribution is -0.132. The number of hydrazine groups is 1. The van der Waals surface area contributed by atoms with Gasteiger partial charge in [-0.25, -0.2) is 5.01 Å². The first kappa shape index (κ1) is 8.97. The van der Waals surface area contributed by atoms with Gasteiger partial charge < -0.3 is 4.74 Å². The van der Waals surface area contributed by atoms with Crippen LogP contribution in [0.15, 0.2) is 0 Å². The molecule has 2 rings (SSSR count). The van der Waals surface area contributed by atoms with Gasteiger partial charge >= 0.3 is 0 Å². The van der Waals surface area contributed by atoms with Gasteiger partial charge in [0, 0.05) is 18.5 Å². The van der Waals surface area contributed by atoms with Crippen LogP contribution in [0.5, 0.6) is 0 Å². The van der Waals surface area contributed by atoms with Crippen molar-refractivity contribution in [2.24, 2.45) is 5.41 Å². The maximum Gasteiger partial charge on any atom is 0.240 e. The molecule has 1 amide bonds. The Labute approximate surface area is 78.2 Å². The van der Waals surface area contributed by atoms with Gasteiger partial charge in [0.15, 0.2) is 0 Å². The van der Waals surface area contributed by atoms with Crippen LogP contribution in [-0.2, 0) is 9.53 Å². The fourth-order valence-electron chi connectivity index (χ4n) is 1.37. The van der Waals surface area contributed by atoms with E-state index in [-0.39, 0.29) is 11.3 Å². The number of amides is 1. The van der Waals surface area contributed by atoms with Crippen LogP contribution in [-0.4, -0.2) is 37.2 Å². The van der Waals surface area contributed by atoms with Crippen LogP contribution in [0.3, 0.4) is 0 Å². The van der Waals surface area contributed by atoms with Crippen LogP contribution >= 0.6 is 0 Å². The van der Waals surface area contributed by atoms with Crippen LogP contribution in [0.1, 0.15) is 19.8 Å². The van der Waals surface area contributed by atoms with Crippen molar-refractivity contribution < 1.29 is 9.53 Å². The Balaban J connectivity index is 1.79. The molecule has 1 N–H and O–H groups in total. The summed E-state index contributed by atoms with van der Waals surface area (Å²) in [4.78, 5) is 11.6. The maximum atomic E-state index is 11.6. The highest BCUT2D eigenvalue weighted by Gasteiger charge is 2.45. The molecule has 1 saturated carbocycles. The molecule has 4 nitrogen and oxygen atoms in total. The highest BCUT2D eigenvalue weighted by atomic mass is 16.5. The minimum absolute atomic E-state index is 0.0711. The van der Waals surface area contributed by atoms with E-state index in [1.54, 1.807) is 0 Å². The predicted octanol–water partition coefficient (Wildman–Crippen LogP) is 0.150. The zero-order valence-electron chi connectivity index (χ0n) is 8.01. The van der Waals surface area contributed by atoms with E-state index in [1.807, 2.05) is 11.9 Å². The van der Waals surface area contributed by atoms with Crippen molar-refractivity contribution in [3.05, 3.63) is 0 Å². The molecule has 1 heterocycles. The van der Waals surface area contributed by atoms with Crippen molar-refractivity contribution in [1.82, 2.24) is 10.4 Å². The molecule has 0 aromatic rings. The Kier molecular flexibility index (Phi) is 2.26. The number of carbonyl (C=O) groups is 1. The van der Waals surface area contributed by atoms with E-state index in [2.05, 4.69) is 5.43 Å². The molecule has 0 aromatic heterocycles. The summed E-state index contributed by atoms with van der Waals surface area (Å²) in [7, 11) is 0. The summed E-state index contributed by atoms with van der Waals surface area (Å²) in [6.45, 7) is 5.07. The average Bonchev–Trinajstić information content (AvgIpc) is 2.87. The fourth-order valence-corrected chi connectivity index (χ4v) is 1.37. The number of nitrogens with one attached hydrogen (secondary N) is 1. The van der Waals surface area contributed by atoms with Gasteiger partial charge in [-0.3, -0.25) is 10.2 Å². The molecular weight excluding hydrogens is 168 g/mol. The fraction of sp³-hybridized carbons (Fsp3) is 0.889. The van der Waals surface area contributed by atoms with Crippen molar-refractivity contribution >= 4 is 5.91 Å². The molecule has 13 heavy (non-hydrogen) atoms. The molecule has 0 atom stereocenters. The number of carbonyl (C=O) groups excluding carboxylic acids is 1. The van der Waals surface area contributed by atoms with E-state index in [9.17, 15) is 4.79 Å². The average molecular weight is 184 g/mol. The molecule has 2 aliphatic rings. The van der Waals surface area contributed by atoms with Crippen LogP contribution in [0.4, 0.5) is 0 Å². The normalized spacial score (nSPS) is 26.8. The van der Waals surface area contributed by atoms with Gasteiger partial charge in [0.25, 0.3) is 0 Å². The van der Waals surface area contributed by atoms with E-state index in [1.165, 1.54) is 0 Å². The molecule has 0 radical (unpaired) electrons. The third-order valence-corrected chi connectivity index (χ3v) is 2.82. The molecule has 2 fully saturated rings. The lowest BCUT2D eigenvalue weighted by atomic mass is 10.1. The molecule has 1 saturated heterocycles. The highest BCUT2D eigenvalue weighted by Crippen LogP contribution is 2.45. The Morgan fingerprint density at radius 1 is 1.38 bits per heavy atom. The molecular formula is C9H16N2O2.